The van der Waals surface area contributed by atoms with E-state index in [0.29, 0.717) is 19.6 Å². The molecule has 1 atom stereocenters. The molecule has 5 nitrogen and oxygen atoms in total. The Hall–Kier alpha value is -2.69. The van der Waals surface area contributed by atoms with Crippen molar-refractivity contribution in [1.82, 2.24) is 5.32 Å². The molecule has 1 N–H and O–H groups in total. The highest BCUT2D eigenvalue weighted by molar-refractivity contribution is 5.79. The fourth-order valence-corrected chi connectivity index (χ4v) is 3.99. The Labute approximate surface area is 160 Å². The van der Waals surface area contributed by atoms with Crippen LogP contribution in [0.4, 0.5) is 5.69 Å². The lowest BCUT2D eigenvalue weighted by Gasteiger charge is -2.26. The van der Waals surface area contributed by atoms with Crippen LogP contribution in [0.1, 0.15) is 17.5 Å². The van der Waals surface area contributed by atoms with E-state index in [9.17, 15) is 4.79 Å². The maximum absolute atomic E-state index is 12.5. The molecule has 2 aromatic rings. The van der Waals surface area contributed by atoms with Crippen LogP contribution < -0.4 is 19.7 Å². The lowest BCUT2D eigenvalue weighted by molar-refractivity contribution is -0.126. The number of carbonyl (C=O) groups is 1. The molecule has 0 saturated heterocycles. The Morgan fingerprint density at radius 1 is 1.22 bits per heavy atom. The largest absolute Gasteiger partial charge is 0.493 e. The van der Waals surface area contributed by atoms with Crippen LogP contribution in [0.3, 0.4) is 0 Å². The highest BCUT2D eigenvalue weighted by Crippen LogP contribution is 2.36. The second-order valence-corrected chi connectivity index (χ2v) is 7.17. The van der Waals surface area contributed by atoms with Gasteiger partial charge in [0.05, 0.1) is 13.0 Å². The summed E-state index contributed by atoms with van der Waals surface area (Å²) in [6.45, 7) is 3.14. The number of hydrogen-bond acceptors (Lipinski definition) is 4. The molecular weight excluding hydrogens is 340 g/mol. The van der Waals surface area contributed by atoms with Gasteiger partial charge in [-0.15, -0.1) is 0 Å². The first-order valence-corrected chi connectivity index (χ1v) is 9.65. The standard InChI is InChI=1S/C22H26N2O3/c1-26-20-9-4-7-17-14-18(15-27-21(17)20)22(25)23-11-5-12-24-13-10-16-6-2-3-8-19(16)24/h2-4,6-9,18H,5,10-15H2,1H3,(H,23,25). The van der Waals surface area contributed by atoms with E-state index in [4.69, 9.17) is 9.47 Å². The molecule has 0 saturated carbocycles. The van der Waals surface area contributed by atoms with Crippen molar-refractivity contribution in [2.24, 2.45) is 5.92 Å². The van der Waals surface area contributed by atoms with Crippen molar-refractivity contribution in [3.05, 3.63) is 53.6 Å². The van der Waals surface area contributed by atoms with Crippen molar-refractivity contribution in [2.75, 3.05) is 38.3 Å². The zero-order valence-corrected chi connectivity index (χ0v) is 15.7. The van der Waals surface area contributed by atoms with Gasteiger partial charge in [-0.05, 0) is 42.5 Å². The second-order valence-electron chi connectivity index (χ2n) is 7.17. The maximum Gasteiger partial charge on any atom is 0.226 e. The third kappa shape index (κ3) is 3.72. The zero-order chi connectivity index (χ0) is 18.6. The smallest absolute Gasteiger partial charge is 0.226 e. The van der Waals surface area contributed by atoms with E-state index in [0.717, 1.165) is 43.0 Å². The minimum absolute atomic E-state index is 0.0743. The molecule has 2 aromatic carbocycles. The molecule has 2 heterocycles. The Balaban J connectivity index is 1.25. The monoisotopic (exact) mass is 366 g/mol. The van der Waals surface area contributed by atoms with Gasteiger partial charge in [-0.2, -0.15) is 0 Å². The van der Waals surface area contributed by atoms with Gasteiger partial charge in [0.25, 0.3) is 0 Å². The second kappa shape index (κ2) is 7.91. The molecule has 1 unspecified atom stereocenters. The van der Waals surface area contributed by atoms with Crippen molar-refractivity contribution >= 4 is 11.6 Å². The summed E-state index contributed by atoms with van der Waals surface area (Å²) in [4.78, 5) is 14.9. The van der Waals surface area contributed by atoms with E-state index >= 15 is 0 Å². The van der Waals surface area contributed by atoms with Crippen molar-refractivity contribution in [3.8, 4) is 11.5 Å². The Morgan fingerprint density at radius 3 is 2.96 bits per heavy atom. The molecule has 0 bridgehead atoms. The SMILES string of the molecule is COc1cccc2c1OCC(C(=O)NCCCN1CCc3ccccc31)C2. The van der Waals surface area contributed by atoms with Crippen LogP contribution in [0.15, 0.2) is 42.5 Å². The first kappa shape index (κ1) is 17.7. The van der Waals surface area contributed by atoms with Crippen LogP contribution in [0, 0.1) is 5.92 Å². The number of benzene rings is 2. The fourth-order valence-electron chi connectivity index (χ4n) is 3.99. The molecule has 1 amide bonds. The first-order valence-electron chi connectivity index (χ1n) is 9.65. The van der Waals surface area contributed by atoms with Gasteiger partial charge in [-0.25, -0.2) is 0 Å². The third-order valence-corrected chi connectivity index (χ3v) is 5.43. The minimum Gasteiger partial charge on any atom is -0.493 e. The van der Waals surface area contributed by atoms with E-state index in [1.54, 1.807) is 7.11 Å². The van der Waals surface area contributed by atoms with Gasteiger partial charge >= 0.3 is 0 Å². The van der Waals surface area contributed by atoms with Crippen LogP contribution >= 0.6 is 0 Å². The van der Waals surface area contributed by atoms with Crippen molar-refractivity contribution < 1.29 is 14.3 Å². The number of nitrogens with zero attached hydrogens (tertiary/aromatic N) is 1. The topological polar surface area (TPSA) is 50.8 Å². The highest BCUT2D eigenvalue weighted by Gasteiger charge is 2.27. The van der Waals surface area contributed by atoms with Gasteiger partial charge < -0.3 is 19.7 Å². The average molecular weight is 366 g/mol. The zero-order valence-electron chi connectivity index (χ0n) is 15.7. The number of fused-ring (bicyclic) bond motifs is 2. The summed E-state index contributed by atoms with van der Waals surface area (Å²) in [5.41, 5.74) is 3.81. The summed E-state index contributed by atoms with van der Waals surface area (Å²) >= 11 is 0. The van der Waals surface area contributed by atoms with Crippen LogP contribution in [0.2, 0.25) is 0 Å². The predicted molar refractivity (Wildman–Crippen MR) is 106 cm³/mol. The van der Waals surface area contributed by atoms with E-state index in [2.05, 4.69) is 34.5 Å². The van der Waals surface area contributed by atoms with Gasteiger partial charge in [-0.1, -0.05) is 30.3 Å². The molecule has 0 aromatic heterocycles. The van der Waals surface area contributed by atoms with Crippen LogP contribution in [0.25, 0.3) is 0 Å². The summed E-state index contributed by atoms with van der Waals surface area (Å²) < 4.78 is 11.1. The Bertz CT molecular complexity index is 821. The van der Waals surface area contributed by atoms with Gasteiger partial charge in [0.15, 0.2) is 11.5 Å². The van der Waals surface area contributed by atoms with Gasteiger partial charge in [0.1, 0.15) is 6.61 Å². The van der Waals surface area contributed by atoms with E-state index < -0.39 is 0 Å². The Morgan fingerprint density at radius 2 is 2.07 bits per heavy atom. The summed E-state index contributed by atoms with van der Waals surface area (Å²) in [6, 6.07) is 14.4. The lowest BCUT2D eigenvalue weighted by Crippen LogP contribution is -2.38. The number of methoxy groups -OCH3 is 1. The molecule has 0 radical (unpaired) electrons. The number of rotatable bonds is 6. The molecule has 0 spiro atoms. The summed E-state index contributed by atoms with van der Waals surface area (Å²) in [7, 11) is 1.64. The van der Waals surface area contributed by atoms with Crippen LogP contribution in [-0.2, 0) is 17.6 Å². The third-order valence-electron chi connectivity index (χ3n) is 5.43. The number of hydrogen-bond donors (Lipinski definition) is 1. The molecule has 5 heteroatoms. The predicted octanol–water partition coefficient (Wildman–Crippen LogP) is 2.82. The fraction of sp³-hybridized carbons (Fsp3) is 0.409. The molecule has 2 aliphatic heterocycles. The Kier molecular flexibility index (Phi) is 5.19. The minimum atomic E-state index is -0.142. The highest BCUT2D eigenvalue weighted by atomic mass is 16.5. The number of carbonyl (C=O) groups excluding carboxylic acids is 1. The molecule has 27 heavy (non-hydrogen) atoms. The number of para-hydroxylation sites is 2. The van der Waals surface area contributed by atoms with Crippen LogP contribution in [-0.4, -0.2) is 39.3 Å². The normalized spacial score (nSPS) is 17.7. The number of ether oxygens (including phenoxy) is 2. The number of anilines is 1. The molecular formula is C22H26N2O3. The maximum atomic E-state index is 12.5. The number of nitrogens with one attached hydrogen (secondary N) is 1. The van der Waals surface area contributed by atoms with Gasteiger partial charge in [0.2, 0.25) is 5.91 Å². The lowest BCUT2D eigenvalue weighted by atomic mass is 9.95. The van der Waals surface area contributed by atoms with E-state index in [1.807, 2.05) is 18.2 Å². The summed E-state index contributed by atoms with van der Waals surface area (Å²) in [6.07, 6.45) is 2.75. The van der Waals surface area contributed by atoms with E-state index in [1.165, 1.54) is 11.3 Å². The van der Waals surface area contributed by atoms with Gasteiger partial charge in [0, 0.05) is 25.3 Å². The molecule has 142 valence electrons. The quantitative estimate of drug-likeness (QED) is 0.799. The molecule has 4 rings (SSSR count). The van der Waals surface area contributed by atoms with E-state index in [-0.39, 0.29) is 11.8 Å². The average Bonchev–Trinajstić information content (AvgIpc) is 3.13. The van der Waals surface area contributed by atoms with Crippen molar-refractivity contribution in [2.45, 2.75) is 19.3 Å². The van der Waals surface area contributed by atoms with Crippen molar-refractivity contribution in [3.63, 3.8) is 0 Å². The van der Waals surface area contributed by atoms with Crippen LogP contribution in [0.5, 0.6) is 11.5 Å². The molecule has 2 aliphatic rings. The van der Waals surface area contributed by atoms with Gasteiger partial charge in [-0.3, -0.25) is 4.79 Å². The van der Waals surface area contributed by atoms with Crippen molar-refractivity contribution in [1.29, 1.82) is 0 Å². The summed E-state index contributed by atoms with van der Waals surface area (Å²) in [5, 5.41) is 3.08. The molecule has 0 aliphatic carbocycles. The molecule has 0 fully saturated rings. The summed E-state index contributed by atoms with van der Waals surface area (Å²) in [5.74, 6) is 1.44. The number of amides is 1. The first-order chi connectivity index (χ1) is 13.3.